The number of carbonyl (C=O) groups excluding carboxylic acids is 1. The summed E-state index contributed by atoms with van der Waals surface area (Å²) in [6, 6.07) is 0. The van der Waals surface area contributed by atoms with E-state index in [2.05, 4.69) is 10.1 Å². The van der Waals surface area contributed by atoms with Crippen molar-refractivity contribution in [3.05, 3.63) is 5.89 Å². The molecule has 90 valence electrons. The molecule has 0 saturated carbocycles. The molecule has 0 amide bonds. The highest BCUT2D eigenvalue weighted by Gasteiger charge is 2.20. The molecule has 7 heteroatoms. The van der Waals surface area contributed by atoms with Crippen molar-refractivity contribution < 1.29 is 18.1 Å². The number of hydrogen-bond acceptors (Lipinski definition) is 5. The lowest BCUT2D eigenvalue weighted by atomic mass is 10.3. The van der Waals surface area contributed by atoms with Crippen LogP contribution in [0, 0.1) is 0 Å². The van der Waals surface area contributed by atoms with Crippen LogP contribution in [0.1, 0.15) is 19.7 Å². The first kappa shape index (κ1) is 12.5. The number of carbonyl (C=O) groups is 1. The number of anilines is 1. The minimum atomic E-state index is -3.00. The van der Waals surface area contributed by atoms with Crippen molar-refractivity contribution in [2.75, 3.05) is 18.0 Å². The van der Waals surface area contributed by atoms with Gasteiger partial charge in [0.1, 0.15) is 0 Å². The molecule has 1 aromatic heterocycles. The molecule has 0 aromatic carbocycles. The maximum absolute atomic E-state index is 12.0. The van der Waals surface area contributed by atoms with Crippen LogP contribution in [0.5, 0.6) is 0 Å². The predicted octanol–water partition coefficient (Wildman–Crippen LogP) is 1.29. The lowest BCUT2D eigenvalue weighted by Crippen LogP contribution is -2.23. The fraction of sp³-hybridized carbons (Fsp3) is 0.667. The number of hydrogen-bond donors (Lipinski definition) is 0. The number of halogens is 2. The highest BCUT2D eigenvalue weighted by atomic mass is 19.3. The Morgan fingerprint density at radius 3 is 2.56 bits per heavy atom. The maximum atomic E-state index is 12.0. The first-order valence-corrected chi connectivity index (χ1v) is 4.96. The molecular weight excluding hydrogens is 220 g/mol. The Balaban J connectivity index is 2.68. The summed E-state index contributed by atoms with van der Waals surface area (Å²) >= 11 is 0. The van der Waals surface area contributed by atoms with Gasteiger partial charge in [-0.15, -0.1) is 0 Å². The third-order valence-electron chi connectivity index (χ3n) is 2.07. The van der Waals surface area contributed by atoms with Crippen LogP contribution in [0.2, 0.25) is 0 Å². The van der Waals surface area contributed by atoms with Gasteiger partial charge in [0.2, 0.25) is 11.7 Å². The molecule has 0 saturated heterocycles. The molecule has 1 heterocycles. The van der Waals surface area contributed by atoms with E-state index in [0.717, 1.165) is 0 Å². The van der Waals surface area contributed by atoms with Crippen LogP contribution < -0.4 is 4.90 Å². The zero-order chi connectivity index (χ0) is 12.1. The summed E-state index contributed by atoms with van der Waals surface area (Å²) in [5.41, 5.74) is 0. The summed E-state index contributed by atoms with van der Waals surface area (Å²) in [4.78, 5) is 16.4. The molecule has 0 N–H and O–H groups in total. The largest absolute Gasteiger partial charge is 0.339 e. The second-order valence-corrected chi connectivity index (χ2v) is 3.10. The Bertz CT molecular complexity index is 350. The summed E-state index contributed by atoms with van der Waals surface area (Å²) in [5.74, 6) is -0.969. The number of ketones is 1. The van der Waals surface area contributed by atoms with Crippen molar-refractivity contribution >= 4 is 11.7 Å². The summed E-state index contributed by atoms with van der Waals surface area (Å²) in [5, 5.41) is 3.61. The lowest BCUT2D eigenvalue weighted by Gasteiger charge is -2.14. The van der Waals surface area contributed by atoms with E-state index in [4.69, 9.17) is 4.52 Å². The van der Waals surface area contributed by atoms with Crippen molar-refractivity contribution in [2.24, 2.45) is 0 Å². The minimum absolute atomic E-state index is 0.0767. The molecule has 0 bridgehead atoms. The van der Waals surface area contributed by atoms with E-state index in [0.29, 0.717) is 19.0 Å². The van der Waals surface area contributed by atoms with Gasteiger partial charge in [0.15, 0.2) is 0 Å². The molecule has 0 aliphatic heterocycles. The SMILES string of the molecule is CCN(CC)c1noc(CC(=O)C(F)F)n1. The molecule has 0 aliphatic rings. The molecule has 1 aromatic rings. The average Bonchev–Trinajstić information content (AvgIpc) is 2.68. The van der Waals surface area contributed by atoms with Crippen LogP contribution in [-0.4, -0.2) is 35.4 Å². The predicted molar refractivity (Wildman–Crippen MR) is 52.6 cm³/mol. The van der Waals surface area contributed by atoms with Crippen molar-refractivity contribution in [1.82, 2.24) is 10.1 Å². The van der Waals surface area contributed by atoms with E-state index in [9.17, 15) is 13.6 Å². The third kappa shape index (κ3) is 2.98. The van der Waals surface area contributed by atoms with Gasteiger partial charge in [-0.3, -0.25) is 4.79 Å². The van der Waals surface area contributed by atoms with E-state index >= 15 is 0 Å². The number of aromatic nitrogens is 2. The molecule has 0 aliphatic carbocycles. The van der Waals surface area contributed by atoms with Crippen molar-refractivity contribution in [3.8, 4) is 0 Å². The van der Waals surface area contributed by atoms with Gasteiger partial charge < -0.3 is 9.42 Å². The average molecular weight is 233 g/mol. The Labute approximate surface area is 91.4 Å². The summed E-state index contributed by atoms with van der Waals surface area (Å²) < 4.78 is 28.6. The van der Waals surface area contributed by atoms with Crippen LogP contribution >= 0.6 is 0 Å². The summed E-state index contributed by atoms with van der Waals surface area (Å²) in [6.45, 7) is 5.17. The monoisotopic (exact) mass is 233 g/mol. The van der Waals surface area contributed by atoms with Gasteiger partial charge >= 0.3 is 0 Å². The van der Waals surface area contributed by atoms with Gasteiger partial charge in [0.05, 0.1) is 6.42 Å². The third-order valence-corrected chi connectivity index (χ3v) is 2.07. The molecule has 5 nitrogen and oxygen atoms in total. The topological polar surface area (TPSA) is 59.2 Å². The Hall–Kier alpha value is -1.53. The number of alkyl halides is 2. The Morgan fingerprint density at radius 1 is 1.44 bits per heavy atom. The quantitative estimate of drug-likeness (QED) is 0.741. The molecule has 16 heavy (non-hydrogen) atoms. The van der Waals surface area contributed by atoms with Crippen LogP contribution in [0.3, 0.4) is 0 Å². The molecule has 0 spiro atoms. The summed E-state index contributed by atoms with van der Waals surface area (Å²) in [6.07, 6.45) is -3.52. The highest BCUT2D eigenvalue weighted by Crippen LogP contribution is 2.10. The molecule has 1 rings (SSSR count). The van der Waals surface area contributed by atoms with Crippen LogP contribution in [0.15, 0.2) is 4.52 Å². The number of Topliss-reactive ketones (excluding diaryl/α,β-unsaturated/α-hetero) is 1. The highest BCUT2D eigenvalue weighted by molar-refractivity contribution is 5.82. The molecule has 0 radical (unpaired) electrons. The normalized spacial score (nSPS) is 10.8. The maximum Gasteiger partial charge on any atom is 0.296 e. The number of nitrogens with zero attached hydrogens (tertiary/aromatic N) is 3. The van der Waals surface area contributed by atoms with Crippen LogP contribution in [0.4, 0.5) is 14.7 Å². The van der Waals surface area contributed by atoms with Gasteiger partial charge in [0.25, 0.3) is 12.4 Å². The van der Waals surface area contributed by atoms with Crippen LogP contribution in [0.25, 0.3) is 0 Å². The molecule has 0 unspecified atom stereocenters. The van der Waals surface area contributed by atoms with Gasteiger partial charge in [0, 0.05) is 13.1 Å². The van der Waals surface area contributed by atoms with E-state index in [-0.39, 0.29) is 5.89 Å². The standard InChI is InChI=1S/C9H13F2N3O2/c1-3-14(4-2)9-12-7(16-13-9)5-6(15)8(10)11/h8H,3-5H2,1-2H3. The smallest absolute Gasteiger partial charge is 0.296 e. The van der Waals surface area contributed by atoms with E-state index < -0.39 is 18.6 Å². The minimum Gasteiger partial charge on any atom is -0.339 e. The van der Waals surface area contributed by atoms with Gasteiger partial charge in [-0.2, -0.15) is 4.98 Å². The molecule has 0 atom stereocenters. The fourth-order valence-corrected chi connectivity index (χ4v) is 1.18. The van der Waals surface area contributed by atoms with Gasteiger partial charge in [-0.25, -0.2) is 8.78 Å². The van der Waals surface area contributed by atoms with Gasteiger partial charge in [-0.1, -0.05) is 0 Å². The van der Waals surface area contributed by atoms with Gasteiger partial charge in [-0.05, 0) is 19.0 Å². The Kier molecular flexibility index (Phi) is 4.33. The Morgan fingerprint density at radius 2 is 2.06 bits per heavy atom. The van der Waals surface area contributed by atoms with E-state index in [1.807, 2.05) is 13.8 Å². The van der Waals surface area contributed by atoms with Crippen LogP contribution in [-0.2, 0) is 11.2 Å². The lowest BCUT2D eigenvalue weighted by molar-refractivity contribution is -0.129. The first-order chi connectivity index (χ1) is 7.58. The van der Waals surface area contributed by atoms with E-state index in [1.165, 1.54) is 0 Å². The second kappa shape index (κ2) is 5.53. The zero-order valence-electron chi connectivity index (χ0n) is 9.11. The van der Waals surface area contributed by atoms with Crippen molar-refractivity contribution in [3.63, 3.8) is 0 Å². The number of rotatable bonds is 6. The summed E-state index contributed by atoms with van der Waals surface area (Å²) in [7, 11) is 0. The van der Waals surface area contributed by atoms with Crippen molar-refractivity contribution in [1.29, 1.82) is 0 Å². The zero-order valence-corrected chi connectivity index (χ0v) is 9.11. The van der Waals surface area contributed by atoms with Crippen molar-refractivity contribution in [2.45, 2.75) is 26.7 Å². The molecular formula is C9H13F2N3O2. The fourth-order valence-electron chi connectivity index (χ4n) is 1.18. The molecule has 0 fully saturated rings. The van der Waals surface area contributed by atoms with E-state index in [1.54, 1.807) is 4.90 Å². The second-order valence-electron chi connectivity index (χ2n) is 3.10. The first-order valence-electron chi connectivity index (χ1n) is 4.96.